The maximum Gasteiger partial charge on any atom is -0.00905 e. The van der Waals surface area contributed by atoms with Crippen LogP contribution in [0.5, 0.6) is 0 Å². The van der Waals surface area contributed by atoms with Crippen LogP contribution < -0.4 is 0 Å². The number of hydrogen-bond acceptors (Lipinski definition) is 0. The van der Waals surface area contributed by atoms with Gasteiger partial charge in [-0.05, 0) is 41.7 Å². The second kappa shape index (κ2) is 4.97. The van der Waals surface area contributed by atoms with Gasteiger partial charge in [-0.1, -0.05) is 67.6 Å². The van der Waals surface area contributed by atoms with Gasteiger partial charge in [0.2, 0.25) is 0 Å². The Hall–Kier alpha value is -1.56. The topological polar surface area (TPSA) is 0 Å². The lowest BCUT2D eigenvalue weighted by molar-refractivity contribution is 0.594. The van der Waals surface area contributed by atoms with E-state index in [9.17, 15) is 0 Å². The predicted molar refractivity (Wildman–Crippen MR) is 76.8 cm³/mol. The van der Waals surface area contributed by atoms with Crippen molar-refractivity contribution in [3.63, 3.8) is 0 Å². The summed E-state index contributed by atoms with van der Waals surface area (Å²) in [6.45, 7) is 2.39. The largest absolute Gasteiger partial charge is 0.0625 e. The molecule has 0 radical (unpaired) electrons. The minimum absolute atomic E-state index is 0.698. The molecule has 2 atom stereocenters. The van der Waals surface area contributed by atoms with Crippen molar-refractivity contribution in [1.29, 1.82) is 0 Å². The van der Waals surface area contributed by atoms with Crippen LogP contribution in [0.3, 0.4) is 0 Å². The van der Waals surface area contributed by atoms with Crippen molar-refractivity contribution in [1.82, 2.24) is 0 Å². The summed E-state index contributed by atoms with van der Waals surface area (Å²) in [6.07, 6.45) is 2.65. The number of hydrogen-bond donors (Lipinski definition) is 0. The Morgan fingerprint density at radius 2 is 1.06 bits per heavy atom. The van der Waals surface area contributed by atoms with Crippen molar-refractivity contribution < 1.29 is 0 Å². The van der Waals surface area contributed by atoms with Crippen LogP contribution in [-0.2, 0) is 0 Å². The molecular weight excluding hydrogens is 216 g/mol. The second-order valence-electron chi connectivity index (χ2n) is 5.61. The molecule has 2 aromatic rings. The van der Waals surface area contributed by atoms with Crippen LogP contribution in [0, 0.1) is 5.92 Å². The van der Waals surface area contributed by atoms with E-state index < -0.39 is 0 Å². The van der Waals surface area contributed by atoms with Crippen molar-refractivity contribution in [3.05, 3.63) is 71.8 Å². The van der Waals surface area contributed by atoms with Crippen LogP contribution in [0.15, 0.2) is 60.7 Å². The molecule has 0 saturated heterocycles. The molecule has 2 unspecified atom stereocenters. The van der Waals surface area contributed by atoms with Crippen LogP contribution in [0.2, 0.25) is 0 Å². The summed E-state index contributed by atoms with van der Waals surface area (Å²) in [7, 11) is 0. The van der Waals surface area contributed by atoms with Gasteiger partial charge in [-0.2, -0.15) is 0 Å². The maximum absolute atomic E-state index is 2.39. The minimum atomic E-state index is 0.698. The van der Waals surface area contributed by atoms with Gasteiger partial charge >= 0.3 is 0 Å². The van der Waals surface area contributed by atoms with Gasteiger partial charge < -0.3 is 0 Å². The first-order valence-electron chi connectivity index (χ1n) is 6.94. The Morgan fingerprint density at radius 1 is 0.667 bits per heavy atom. The van der Waals surface area contributed by atoms with E-state index in [4.69, 9.17) is 0 Å². The van der Waals surface area contributed by atoms with Gasteiger partial charge in [-0.15, -0.1) is 0 Å². The van der Waals surface area contributed by atoms with E-state index in [0.29, 0.717) is 11.8 Å². The Morgan fingerprint density at radius 3 is 1.44 bits per heavy atom. The molecule has 2 aromatic carbocycles. The second-order valence-corrected chi connectivity index (χ2v) is 5.61. The molecule has 0 aromatic heterocycles. The molecule has 0 amide bonds. The summed E-state index contributed by atoms with van der Waals surface area (Å²) in [5.41, 5.74) is 3.02. The third-order valence-corrected chi connectivity index (χ3v) is 4.25. The average Bonchev–Trinajstić information content (AvgIpc) is 2.83. The van der Waals surface area contributed by atoms with Crippen LogP contribution in [0.25, 0.3) is 0 Å². The highest BCUT2D eigenvalue weighted by Gasteiger charge is 2.33. The molecule has 0 bridgehead atoms. The lowest BCUT2D eigenvalue weighted by Crippen LogP contribution is -2.04. The molecule has 0 heteroatoms. The van der Waals surface area contributed by atoms with Crippen molar-refractivity contribution in [2.24, 2.45) is 5.92 Å². The fraction of sp³-hybridized carbons (Fsp3) is 0.333. The van der Waals surface area contributed by atoms with Crippen molar-refractivity contribution in [2.45, 2.75) is 31.6 Å². The Kier molecular flexibility index (Phi) is 3.19. The van der Waals surface area contributed by atoms with Crippen LogP contribution in [0.4, 0.5) is 0 Å². The molecule has 1 saturated carbocycles. The first-order chi connectivity index (χ1) is 8.84. The standard InChI is InChI=1S/C18H20/c1-14-12-17(15-8-4-2-5-9-15)18(13-14)16-10-6-3-7-11-16/h2-11,14,17-18H,12-13H2,1H3. The molecule has 0 aliphatic heterocycles. The van der Waals surface area contributed by atoms with Crippen LogP contribution in [-0.4, -0.2) is 0 Å². The summed E-state index contributed by atoms with van der Waals surface area (Å²) in [5.74, 6) is 2.23. The van der Waals surface area contributed by atoms with Gasteiger partial charge in [-0.3, -0.25) is 0 Å². The zero-order chi connectivity index (χ0) is 12.4. The molecule has 92 valence electrons. The molecule has 0 nitrogen and oxygen atoms in total. The molecule has 1 aliphatic rings. The first kappa shape index (κ1) is 11.5. The predicted octanol–water partition coefficient (Wildman–Crippen LogP) is 4.98. The van der Waals surface area contributed by atoms with E-state index in [1.165, 1.54) is 24.0 Å². The lowest BCUT2D eigenvalue weighted by Gasteiger charge is -2.20. The molecule has 3 rings (SSSR count). The van der Waals surface area contributed by atoms with Crippen molar-refractivity contribution in [2.75, 3.05) is 0 Å². The van der Waals surface area contributed by atoms with Crippen LogP contribution >= 0.6 is 0 Å². The smallest absolute Gasteiger partial charge is 0.00905 e. The van der Waals surface area contributed by atoms with E-state index in [-0.39, 0.29) is 0 Å². The van der Waals surface area contributed by atoms with E-state index in [1.807, 2.05) is 0 Å². The molecule has 1 fully saturated rings. The zero-order valence-corrected chi connectivity index (χ0v) is 10.9. The molecule has 18 heavy (non-hydrogen) atoms. The summed E-state index contributed by atoms with van der Waals surface area (Å²) in [6, 6.07) is 22.1. The minimum Gasteiger partial charge on any atom is -0.0625 e. The third kappa shape index (κ3) is 2.20. The van der Waals surface area contributed by atoms with Gasteiger partial charge in [-0.25, -0.2) is 0 Å². The molecule has 1 aliphatic carbocycles. The van der Waals surface area contributed by atoms with Crippen molar-refractivity contribution in [3.8, 4) is 0 Å². The molecule has 0 heterocycles. The fourth-order valence-corrected chi connectivity index (χ4v) is 3.43. The molecule has 0 spiro atoms. The number of benzene rings is 2. The highest BCUT2D eigenvalue weighted by Crippen LogP contribution is 2.48. The summed E-state index contributed by atoms with van der Waals surface area (Å²) >= 11 is 0. The van der Waals surface area contributed by atoms with Gasteiger partial charge in [0.1, 0.15) is 0 Å². The Bertz CT molecular complexity index is 438. The highest BCUT2D eigenvalue weighted by molar-refractivity contribution is 5.30. The average molecular weight is 236 g/mol. The highest BCUT2D eigenvalue weighted by atomic mass is 14.4. The van der Waals surface area contributed by atoms with Gasteiger partial charge in [0.05, 0.1) is 0 Å². The quantitative estimate of drug-likeness (QED) is 0.689. The van der Waals surface area contributed by atoms with Crippen LogP contribution in [0.1, 0.15) is 42.7 Å². The SMILES string of the molecule is CC1CC(c2ccccc2)C(c2ccccc2)C1. The number of rotatable bonds is 2. The Labute approximate surface area is 110 Å². The van der Waals surface area contributed by atoms with E-state index in [2.05, 4.69) is 67.6 Å². The fourth-order valence-electron chi connectivity index (χ4n) is 3.43. The van der Waals surface area contributed by atoms with Gasteiger partial charge in [0, 0.05) is 0 Å². The molecular formula is C18H20. The van der Waals surface area contributed by atoms with E-state index in [0.717, 1.165) is 5.92 Å². The first-order valence-corrected chi connectivity index (χ1v) is 6.94. The van der Waals surface area contributed by atoms with E-state index in [1.54, 1.807) is 0 Å². The van der Waals surface area contributed by atoms with Gasteiger partial charge in [0.15, 0.2) is 0 Å². The van der Waals surface area contributed by atoms with Gasteiger partial charge in [0.25, 0.3) is 0 Å². The molecule has 0 N–H and O–H groups in total. The normalized spacial score (nSPS) is 27.3. The Balaban J connectivity index is 1.93. The summed E-state index contributed by atoms with van der Waals surface area (Å²) < 4.78 is 0. The zero-order valence-electron chi connectivity index (χ0n) is 10.9. The summed E-state index contributed by atoms with van der Waals surface area (Å²) in [5, 5.41) is 0. The monoisotopic (exact) mass is 236 g/mol. The third-order valence-electron chi connectivity index (χ3n) is 4.25. The maximum atomic E-state index is 2.39. The lowest BCUT2D eigenvalue weighted by atomic mass is 9.84. The van der Waals surface area contributed by atoms with E-state index >= 15 is 0 Å². The summed E-state index contributed by atoms with van der Waals surface area (Å²) in [4.78, 5) is 0. The van der Waals surface area contributed by atoms with Crippen molar-refractivity contribution >= 4 is 0 Å².